The van der Waals surface area contributed by atoms with Crippen molar-refractivity contribution in [1.82, 2.24) is 9.55 Å². The summed E-state index contributed by atoms with van der Waals surface area (Å²) in [5, 5.41) is 12.5. The molecule has 178 valence electrons. The first-order chi connectivity index (χ1) is 16.4. The number of aryl methyl sites for hydroxylation is 4. The highest BCUT2D eigenvalue weighted by molar-refractivity contribution is 5.99. The normalized spacial score (nSPS) is 12.6. The smallest absolute Gasteiger partial charge is 0.305 e. The van der Waals surface area contributed by atoms with Crippen LogP contribution >= 0.6 is 0 Å². The Hall–Kier alpha value is -3.88. The van der Waals surface area contributed by atoms with Crippen molar-refractivity contribution < 1.29 is 23.8 Å². The number of primary amides is 1. The third-order valence-corrected chi connectivity index (χ3v) is 6.00. The van der Waals surface area contributed by atoms with Crippen LogP contribution in [0.2, 0.25) is 0 Å². The lowest BCUT2D eigenvalue weighted by atomic mass is 9.97. The topological polar surface area (TPSA) is 119 Å². The number of hydrogen-bond acceptors (Lipinski definition) is 5. The van der Waals surface area contributed by atoms with Crippen molar-refractivity contribution in [3.63, 3.8) is 0 Å². The molecule has 0 unspecified atom stereocenters. The summed E-state index contributed by atoms with van der Waals surface area (Å²) >= 11 is 0. The fraction of sp³-hybridized carbons (Fsp3) is 0.320. The lowest BCUT2D eigenvalue weighted by molar-refractivity contribution is -0.137. The van der Waals surface area contributed by atoms with Crippen molar-refractivity contribution >= 4 is 17.7 Å². The summed E-state index contributed by atoms with van der Waals surface area (Å²) in [6, 6.07) is 8.53. The van der Waals surface area contributed by atoms with Gasteiger partial charge in [-0.1, -0.05) is 12.1 Å². The molecule has 0 aliphatic carbocycles. The van der Waals surface area contributed by atoms with Crippen LogP contribution in [-0.4, -0.2) is 40.2 Å². The molecule has 1 aliphatic rings. The minimum absolute atomic E-state index is 0.0697. The van der Waals surface area contributed by atoms with Crippen molar-refractivity contribution in [3.05, 3.63) is 64.9 Å². The number of aromatic nitrogens is 2. The molecule has 8 nitrogen and oxygen atoms in total. The SMILES string of the molecule is COc1ccc(-c2c(CCc3ccc4c(n3)NCCC4)cn(CCC(=O)O)c2C(N)=O)cc1F. The number of methoxy groups -OCH3 is 1. The van der Waals surface area contributed by atoms with Gasteiger partial charge < -0.3 is 25.5 Å². The quantitative estimate of drug-likeness (QED) is 0.445. The molecule has 0 saturated carbocycles. The van der Waals surface area contributed by atoms with Crippen molar-refractivity contribution in [3.8, 4) is 16.9 Å². The van der Waals surface area contributed by atoms with E-state index in [-0.39, 0.29) is 24.4 Å². The lowest BCUT2D eigenvalue weighted by Crippen LogP contribution is -2.18. The number of carboxylic acid groups (broad SMARTS) is 1. The first-order valence-electron chi connectivity index (χ1n) is 11.2. The van der Waals surface area contributed by atoms with Crippen LogP contribution in [-0.2, 0) is 30.6 Å². The Kier molecular flexibility index (Phi) is 6.81. The maximum atomic E-state index is 14.5. The molecule has 9 heteroatoms. The molecule has 0 radical (unpaired) electrons. The monoisotopic (exact) mass is 466 g/mol. The Morgan fingerprint density at radius 1 is 1.26 bits per heavy atom. The van der Waals surface area contributed by atoms with Gasteiger partial charge in [-0.15, -0.1) is 0 Å². The summed E-state index contributed by atoms with van der Waals surface area (Å²) in [6.45, 7) is 0.964. The number of halogens is 1. The Labute approximate surface area is 196 Å². The van der Waals surface area contributed by atoms with Crippen LogP contribution < -0.4 is 15.8 Å². The number of carbonyl (C=O) groups excluding carboxylic acids is 1. The highest BCUT2D eigenvalue weighted by atomic mass is 19.1. The minimum Gasteiger partial charge on any atom is -0.494 e. The van der Waals surface area contributed by atoms with Crippen molar-refractivity contribution in [2.24, 2.45) is 5.73 Å². The standard InChI is InChI=1S/C25H27FN4O4/c1-34-20-9-6-16(13-19(20)26)22-17(14-30(12-10-21(31)32)23(22)24(27)33)5-8-18-7-4-15-3-2-11-28-25(15)29-18/h4,6-7,9,13-14H,2-3,5,8,10-12H2,1H3,(H2,27,33)(H,28,29)(H,31,32). The molecule has 1 aromatic carbocycles. The number of carboxylic acids is 1. The van der Waals surface area contributed by atoms with Crippen molar-refractivity contribution in [1.29, 1.82) is 0 Å². The second-order valence-corrected chi connectivity index (χ2v) is 8.27. The van der Waals surface area contributed by atoms with Crippen LogP contribution in [0, 0.1) is 5.82 Å². The molecule has 4 N–H and O–H groups in total. The van der Waals surface area contributed by atoms with E-state index in [2.05, 4.69) is 11.4 Å². The van der Waals surface area contributed by atoms with Gasteiger partial charge >= 0.3 is 5.97 Å². The van der Waals surface area contributed by atoms with Gasteiger partial charge in [-0.05, 0) is 60.6 Å². The Balaban J connectivity index is 1.72. The highest BCUT2D eigenvalue weighted by Gasteiger charge is 2.23. The summed E-state index contributed by atoms with van der Waals surface area (Å²) in [5.41, 5.74) is 9.67. The van der Waals surface area contributed by atoms with E-state index in [0.29, 0.717) is 24.0 Å². The molecule has 1 aliphatic heterocycles. The number of benzene rings is 1. The largest absolute Gasteiger partial charge is 0.494 e. The van der Waals surface area contributed by atoms with Crippen molar-refractivity contribution in [2.75, 3.05) is 19.0 Å². The molecule has 3 aromatic rings. The lowest BCUT2D eigenvalue weighted by Gasteiger charge is -2.17. The highest BCUT2D eigenvalue weighted by Crippen LogP contribution is 2.33. The molecule has 0 spiro atoms. The van der Waals surface area contributed by atoms with E-state index in [1.807, 2.05) is 6.07 Å². The molecule has 0 fully saturated rings. The number of pyridine rings is 1. The minimum atomic E-state index is -0.992. The zero-order valence-corrected chi connectivity index (χ0v) is 18.9. The van der Waals surface area contributed by atoms with Gasteiger partial charge in [0.25, 0.3) is 5.91 Å². The molecule has 0 atom stereocenters. The summed E-state index contributed by atoms with van der Waals surface area (Å²) in [4.78, 5) is 28.3. The Morgan fingerprint density at radius 3 is 2.79 bits per heavy atom. The first kappa shape index (κ1) is 23.3. The average molecular weight is 467 g/mol. The molecule has 4 rings (SSSR count). The summed E-state index contributed by atoms with van der Waals surface area (Å²) < 4.78 is 21.1. The zero-order valence-electron chi connectivity index (χ0n) is 18.9. The summed E-state index contributed by atoms with van der Waals surface area (Å²) in [7, 11) is 1.38. The van der Waals surface area contributed by atoms with Gasteiger partial charge in [0.1, 0.15) is 11.5 Å². The number of nitrogens with one attached hydrogen (secondary N) is 1. The summed E-state index contributed by atoms with van der Waals surface area (Å²) in [5.74, 6) is -1.28. The molecule has 1 amide bonds. The van der Waals surface area contributed by atoms with Gasteiger partial charge in [-0.3, -0.25) is 9.59 Å². The number of nitrogens with two attached hydrogens (primary N) is 1. The number of ether oxygens (including phenoxy) is 1. The third-order valence-electron chi connectivity index (χ3n) is 6.00. The van der Waals surface area contributed by atoms with E-state index in [1.54, 1.807) is 16.8 Å². The number of aliphatic carboxylic acids is 1. The Bertz CT molecular complexity index is 1240. The molecule has 3 heterocycles. The zero-order chi connectivity index (χ0) is 24.2. The second-order valence-electron chi connectivity index (χ2n) is 8.27. The number of hydrogen-bond donors (Lipinski definition) is 3. The summed E-state index contributed by atoms with van der Waals surface area (Å²) in [6.07, 6.45) is 4.73. The van der Waals surface area contributed by atoms with Crippen LogP contribution in [0.1, 0.15) is 40.2 Å². The molecule has 0 saturated heterocycles. The maximum absolute atomic E-state index is 14.5. The van der Waals surface area contributed by atoms with Gasteiger partial charge in [0.05, 0.1) is 13.5 Å². The van der Waals surface area contributed by atoms with Crippen LogP contribution in [0.15, 0.2) is 36.5 Å². The number of amides is 1. The van der Waals surface area contributed by atoms with E-state index in [4.69, 9.17) is 20.6 Å². The van der Waals surface area contributed by atoms with Crippen LogP contribution in [0.3, 0.4) is 0 Å². The number of carbonyl (C=O) groups is 2. The van der Waals surface area contributed by atoms with E-state index in [9.17, 15) is 14.0 Å². The van der Waals surface area contributed by atoms with E-state index in [1.165, 1.54) is 24.8 Å². The maximum Gasteiger partial charge on any atom is 0.305 e. The van der Waals surface area contributed by atoms with Gasteiger partial charge in [0.2, 0.25) is 0 Å². The van der Waals surface area contributed by atoms with Crippen molar-refractivity contribution in [2.45, 2.75) is 38.6 Å². The van der Waals surface area contributed by atoms with E-state index < -0.39 is 17.7 Å². The van der Waals surface area contributed by atoms with Crippen LogP contribution in [0.5, 0.6) is 5.75 Å². The fourth-order valence-electron chi connectivity index (χ4n) is 4.37. The number of rotatable bonds is 9. The number of fused-ring (bicyclic) bond motifs is 1. The van der Waals surface area contributed by atoms with Gasteiger partial charge in [-0.25, -0.2) is 9.37 Å². The Morgan fingerprint density at radius 2 is 2.09 bits per heavy atom. The molecule has 0 bridgehead atoms. The fourth-order valence-corrected chi connectivity index (χ4v) is 4.37. The van der Waals surface area contributed by atoms with E-state index >= 15 is 0 Å². The van der Waals surface area contributed by atoms with E-state index in [0.717, 1.165) is 36.5 Å². The average Bonchev–Trinajstić information content (AvgIpc) is 3.20. The predicted octanol–water partition coefficient (Wildman–Crippen LogP) is 3.41. The van der Waals surface area contributed by atoms with Crippen LogP contribution in [0.4, 0.5) is 10.2 Å². The number of nitrogens with zero attached hydrogens (tertiary/aromatic N) is 2. The van der Waals surface area contributed by atoms with Gasteiger partial charge in [0, 0.05) is 30.5 Å². The van der Waals surface area contributed by atoms with Gasteiger partial charge in [0.15, 0.2) is 11.6 Å². The second kappa shape index (κ2) is 9.94. The first-order valence-corrected chi connectivity index (χ1v) is 11.2. The molecule has 34 heavy (non-hydrogen) atoms. The van der Waals surface area contributed by atoms with Gasteiger partial charge in [-0.2, -0.15) is 0 Å². The predicted molar refractivity (Wildman–Crippen MR) is 126 cm³/mol. The third kappa shape index (κ3) is 4.88. The van der Waals surface area contributed by atoms with Crippen LogP contribution in [0.25, 0.3) is 11.1 Å². The molecular weight excluding hydrogens is 439 g/mol. The molecular formula is C25H27FN4O4. The number of anilines is 1. The molecule has 2 aromatic heterocycles.